The molecule has 0 aromatic heterocycles. The maximum Gasteiger partial charge on any atom is 0.343 e. The molecule has 7 heteroatoms. The first kappa shape index (κ1) is 19.1. The highest BCUT2D eigenvalue weighted by molar-refractivity contribution is 7.94. The zero-order valence-electron chi connectivity index (χ0n) is 16.0. The quantitative estimate of drug-likeness (QED) is 0.625. The van der Waals surface area contributed by atoms with Crippen molar-refractivity contribution < 1.29 is 17.6 Å². The molecule has 0 atom stereocenters. The number of carbonyl (C=O) groups excluding carboxylic acids is 1. The van der Waals surface area contributed by atoms with Crippen LogP contribution in [0.25, 0.3) is 0 Å². The average Bonchev–Trinajstić information content (AvgIpc) is 2.68. The van der Waals surface area contributed by atoms with Crippen molar-refractivity contribution in [3.63, 3.8) is 0 Å². The number of amides is 2. The van der Waals surface area contributed by atoms with Gasteiger partial charge in [-0.1, -0.05) is 48.0 Å². The Labute approximate surface area is 169 Å². The van der Waals surface area contributed by atoms with Gasteiger partial charge in [0.25, 0.3) is 10.0 Å². The first-order valence-electron chi connectivity index (χ1n) is 9.07. The first-order valence-corrected chi connectivity index (χ1v) is 10.5. The van der Waals surface area contributed by atoms with Gasteiger partial charge in [-0.05, 0) is 43.7 Å². The Balaban J connectivity index is 1.91. The van der Waals surface area contributed by atoms with E-state index in [0.29, 0.717) is 11.1 Å². The maximum absolute atomic E-state index is 14.3. The van der Waals surface area contributed by atoms with E-state index in [9.17, 15) is 17.6 Å². The molecule has 148 valence electrons. The summed E-state index contributed by atoms with van der Waals surface area (Å²) in [6.07, 6.45) is 0. The van der Waals surface area contributed by atoms with Crippen molar-refractivity contribution in [3.05, 3.63) is 89.2 Å². The number of nitrogens with zero attached hydrogens (tertiary/aromatic N) is 2. The second-order valence-electron chi connectivity index (χ2n) is 6.99. The lowest BCUT2D eigenvalue weighted by Crippen LogP contribution is -2.51. The first-order chi connectivity index (χ1) is 13.8. The van der Waals surface area contributed by atoms with Crippen molar-refractivity contribution in [2.24, 2.45) is 0 Å². The summed E-state index contributed by atoms with van der Waals surface area (Å²) in [6.45, 7) is 3.56. The number of carbonyl (C=O) groups is 1. The molecule has 5 nitrogen and oxygen atoms in total. The molecule has 2 amide bonds. The highest BCUT2D eigenvalue weighted by Gasteiger charge is 2.43. The molecular weight excluding hydrogens is 391 g/mol. The van der Waals surface area contributed by atoms with E-state index in [1.165, 1.54) is 17.0 Å². The number of hydrogen-bond donors (Lipinski definition) is 0. The Kier molecular flexibility index (Phi) is 4.62. The third-order valence-electron chi connectivity index (χ3n) is 4.94. The van der Waals surface area contributed by atoms with Crippen molar-refractivity contribution in [2.45, 2.75) is 25.3 Å². The second kappa shape index (κ2) is 7.00. The van der Waals surface area contributed by atoms with Crippen LogP contribution in [0.5, 0.6) is 0 Å². The third kappa shape index (κ3) is 3.17. The molecule has 1 aliphatic rings. The van der Waals surface area contributed by atoms with Gasteiger partial charge in [-0.25, -0.2) is 17.6 Å². The summed E-state index contributed by atoms with van der Waals surface area (Å²) in [4.78, 5) is 14.7. The minimum Gasteiger partial charge on any atom is -0.287 e. The van der Waals surface area contributed by atoms with E-state index in [4.69, 9.17) is 0 Å². The number of urea groups is 1. The fourth-order valence-electron chi connectivity index (χ4n) is 3.53. The van der Waals surface area contributed by atoms with Crippen molar-refractivity contribution in [2.75, 3.05) is 9.21 Å². The summed E-state index contributed by atoms with van der Waals surface area (Å²) in [7, 11) is -4.11. The van der Waals surface area contributed by atoms with Crippen LogP contribution in [-0.4, -0.2) is 14.4 Å². The molecule has 1 aliphatic heterocycles. The summed E-state index contributed by atoms with van der Waals surface area (Å²) >= 11 is 0. The van der Waals surface area contributed by atoms with Crippen LogP contribution in [0.15, 0.2) is 71.6 Å². The summed E-state index contributed by atoms with van der Waals surface area (Å²) in [5.74, 6) is -0.454. The number of benzene rings is 3. The molecule has 0 aliphatic carbocycles. The van der Waals surface area contributed by atoms with Crippen LogP contribution >= 0.6 is 0 Å². The monoisotopic (exact) mass is 410 g/mol. The largest absolute Gasteiger partial charge is 0.343 e. The predicted octanol–water partition coefficient (Wildman–Crippen LogP) is 4.78. The summed E-state index contributed by atoms with van der Waals surface area (Å²) in [5.41, 5.74) is 2.44. The number of anilines is 2. The van der Waals surface area contributed by atoms with Crippen LogP contribution in [0.4, 0.5) is 20.6 Å². The molecule has 0 saturated heterocycles. The Bertz CT molecular complexity index is 1220. The zero-order chi connectivity index (χ0) is 20.8. The maximum atomic E-state index is 14.3. The lowest BCUT2D eigenvalue weighted by molar-refractivity contribution is 0.253. The minimum absolute atomic E-state index is 0.0101. The predicted molar refractivity (Wildman–Crippen MR) is 110 cm³/mol. The van der Waals surface area contributed by atoms with E-state index >= 15 is 0 Å². The third-order valence-corrected chi connectivity index (χ3v) is 6.67. The van der Waals surface area contributed by atoms with Crippen LogP contribution in [0.2, 0.25) is 0 Å². The van der Waals surface area contributed by atoms with Gasteiger partial charge in [0.1, 0.15) is 10.7 Å². The Morgan fingerprint density at radius 3 is 2.31 bits per heavy atom. The lowest BCUT2D eigenvalue weighted by atomic mass is 10.1. The number of fused-ring (bicyclic) bond motifs is 1. The van der Waals surface area contributed by atoms with Crippen molar-refractivity contribution in [1.82, 2.24) is 0 Å². The molecule has 0 saturated carbocycles. The van der Waals surface area contributed by atoms with E-state index in [0.717, 1.165) is 9.87 Å². The van der Waals surface area contributed by atoms with Crippen LogP contribution < -0.4 is 9.21 Å². The Morgan fingerprint density at radius 1 is 0.897 bits per heavy atom. The molecule has 3 aromatic rings. The number of sulfonamides is 1. The molecular formula is C22H19FN2O3S. The van der Waals surface area contributed by atoms with Gasteiger partial charge in [0.05, 0.1) is 17.9 Å². The lowest BCUT2D eigenvalue weighted by Gasteiger charge is -2.36. The number of aryl methyl sites for hydroxylation is 2. The highest BCUT2D eigenvalue weighted by Crippen LogP contribution is 2.39. The van der Waals surface area contributed by atoms with Crippen molar-refractivity contribution in [1.29, 1.82) is 0 Å². The van der Waals surface area contributed by atoms with Crippen LogP contribution in [-0.2, 0) is 16.6 Å². The van der Waals surface area contributed by atoms with Gasteiger partial charge in [-0.15, -0.1) is 0 Å². The van der Waals surface area contributed by atoms with Crippen LogP contribution in [0, 0.1) is 19.7 Å². The normalized spacial score (nSPS) is 15.3. The Hall–Kier alpha value is -3.19. The Morgan fingerprint density at radius 2 is 1.59 bits per heavy atom. The van der Waals surface area contributed by atoms with E-state index in [1.807, 2.05) is 13.0 Å². The molecule has 1 heterocycles. The summed E-state index contributed by atoms with van der Waals surface area (Å²) in [6, 6.07) is 16.9. The number of hydrogen-bond acceptors (Lipinski definition) is 3. The fourth-order valence-corrected chi connectivity index (χ4v) is 5.19. The smallest absolute Gasteiger partial charge is 0.287 e. The highest BCUT2D eigenvalue weighted by atomic mass is 32.2. The van der Waals surface area contributed by atoms with Gasteiger partial charge in [-0.3, -0.25) is 4.90 Å². The van der Waals surface area contributed by atoms with E-state index < -0.39 is 21.9 Å². The molecule has 0 bridgehead atoms. The summed E-state index contributed by atoms with van der Waals surface area (Å²) < 4.78 is 41.7. The van der Waals surface area contributed by atoms with Crippen LogP contribution in [0.3, 0.4) is 0 Å². The molecule has 4 rings (SSSR count). The fraction of sp³-hybridized carbons (Fsp3) is 0.136. The zero-order valence-corrected chi connectivity index (χ0v) is 16.8. The van der Waals surface area contributed by atoms with Gasteiger partial charge >= 0.3 is 6.03 Å². The van der Waals surface area contributed by atoms with Crippen molar-refractivity contribution >= 4 is 27.4 Å². The summed E-state index contributed by atoms with van der Waals surface area (Å²) in [5, 5.41) is 0. The number of para-hydroxylation sites is 1. The van der Waals surface area contributed by atoms with E-state index in [-0.39, 0.29) is 22.8 Å². The van der Waals surface area contributed by atoms with Gasteiger partial charge < -0.3 is 0 Å². The molecule has 3 aromatic carbocycles. The minimum atomic E-state index is -4.11. The van der Waals surface area contributed by atoms with E-state index in [1.54, 1.807) is 55.5 Å². The SMILES string of the molecule is Cc1ccc(N2C(=O)N(Cc3ccccc3F)c3ccccc3S2(=O)=O)c(C)c1. The second-order valence-corrected chi connectivity index (χ2v) is 8.74. The molecule has 0 unspecified atom stereocenters. The van der Waals surface area contributed by atoms with Crippen LogP contribution in [0.1, 0.15) is 16.7 Å². The molecule has 29 heavy (non-hydrogen) atoms. The van der Waals surface area contributed by atoms with Crippen molar-refractivity contribution in [3.8, 4) is 0 Å². The average molecular weight is 410 g/mol. The number of halogens is 1. The molecule has 0 N–H and O–H groups in total. The van der Waals surface area contributed by atoms with E-state index in [2.05, 4.69) is 0 Å². The van der Waals surface area contributed by atoms with Gasteiger partial charge in [0.15, 0.2) is 0 Å². The molecule has 0 fully saturated rings. The molecule has 0 radical (unpaired) electrons. The standard InChI is InChI=1S/C22H19FN2O3S/c1-15-11-12-19(16(2)13-15)25-22(26)24(14-17-7-3-4-8-18(17)23)20-9-5-6-10-21(20)29(25,27)28/h3-13H,14H2,1-2H3. The van der Waals surface area contributed by atoms with Gasteiger partial charge in [0, 0.05) is 5.56 Å². The number of rotatable bonds is 3. The van der Waals surface area contributed by atoms with Gasteiger partial charge in [-0.2, -0.15) is 4.31 Å². The molecule has 0 spiro atoms. The topological polar surface area (TPSA) is 57.7 Å². The van der Waals surface area contributed by atoms with Gasteiger partial charge in [0.2, 0.25) is 0 Å².